The lowest BCUT2D eigenvalue weighted by Gasteiger charge is -2.18. The van der Waals surface area contributed by atoms with E-state index < -0.39 is 5.97 Å². The van der Waals surface area contributed by atoms with E-state index in [0.717, 1.165) is 17.7 Å². The summed E-state index contributed by atoms with van der Waals surface area (Å²) in [5.74, 6) is -1.38. The fourth-order valence-corrected chi connectivity index (χ4v) is 2.78. The van der Waals surface area contributed by atoms with E-state index in [1.807, 2.05) is 17.5 Å². The van der Waals surface area contributed by atoms with Gasteiger partial charge in [0.05, 0.1) is 12.7 Å². The predicted molar refractivity (Wildman–Crippen MR) is 75.1 cm³/mol. The van der Waals surface area contributed by atoms with Crippen molar-refractivity contribution in [3.05, 3.63) is 34.3 Å². The first-order chi connectivity index (χ1) is 10.1. The number of nitrogens with zero attached hydrogens (tertiary/aromatic N) is 4. The molecule has 0 spiro atoms. The molecule has 1 aliphatic rings. The number of amides is 1. The van der Waals surface area contributed by atoms with Crippen LogP contribution in [0.2, 0.25) is 0 Å². The lowest BCUT2D eigenvalue weighted by Crippen LogP contribution is -2.37. The van der Waals surface area contributed by atoms with Crippen LogP contribution in [-0.2, 0) is 11.3 Å². The first kappa shape index (κ1) is 13.7. The van der Waals surface area contributed by atoms with Gasteiger partial charge >= 0.3 is 5.97 Å². The minimum absolute atomic E-state index is 0.0241. The summed E-state index contributed by atoms with van der Waals surface area (Å²) in [4.78, 5) is 25.7. The summed E-state index contributed by atoms with van der Waals surface area (Å²) in [6.07, 6.45) is 3.27. The van der Waals surface area contributed by atoms with E-state index >= 15 is 0 Å². The molecule has 110 valence electrons. The number of carboxylic acids is 1. The van der Waals surface area contributed by atoms with Crippen molar-refractivity contribution in [1.29, 1.82) is 0 Å². The summed E-state index contributed by atoms with van der Waals surface area (Å²) in [6.45, 7) is 0.265. The zero-order chi connectivity index (χ0) is 14.8. The molecule has 8 heteroatoms. The molecule has 2 aromatic heterocycles. The largest absolute Gasteiger partial charge is 0.480 e. The van der Waals surface area contributed by atoms with Gasteiger partial charge in [-0.1, -0.05) is 11.3 Å². The third-order valence-corrected chi connectivity index (χ3v) is 4.07. The molecule has 0 aliphatic heterocycles. The molecular formula is C13H14N4O3S. The van der Waals surface area contributed by atoms with E-state index in [4.69, 9.17) is 5.11 Å². The second-order valence-corrected chi connectivity index (χ2v) is 5.97. The summed E-state index contributed by atoms with van der Waals surface area (Å²) in [6, 6.07) is 3.95. The van der Waals surface area contributed by atoms with Gasteiger partial charge in [0.25, 0.3) is 5.91 Å². The second kappa shape index (κ2) is 5.65. The van der Waals surface area contributed by atoms with Crippen LogP contribution in [0.4, 0.5) is 0 Å². The summed E-state index contributed by atoms with van der Waals surface area (Å²) in [5, 5.41) is 18.7. The van der Waals surface area contributed by atoms with Gasteiger partial charge in [-0.15, -0.1) is 16.4 Å². The quantitative estimate of drug-likeness (QED) is 0.862. The van der Waals surface area contributed by atoms with E-state index in [1.54, 1.807) is 22.2 Å². The van der Waals surface area contributed by atoms with E-state index in [1.165, 1.54) is 4.90 Å². The van der Waals surface area contributed by atoms with Crippen molar-refractivity contribution >= 4 is 23.2 Å². The average molecular weight is 306 g/mol. The standard InChI is InChI=1S/C13H14N4O3S/c18-12(19)8-17(9-3-4-9)13(20)11-7-16(15-14-11)6-10-2-1-5-21-10/h1-2,5,7,9H,3-4,6,8H2,(H,18,19). The molecule has 2 heterocycles. The molecule has 0 saturated heterocycles. The van der Waals surface area contributed by atoms with Gasteiger partial charge < -0.3 is 10.0 Å². The van der Waals surface area contributed by atoms with Crippen molar-refractivity contribution in [2.24, 2.45) is 0 Å². The second-order valence-electron chi connectivity index (χ2n) is 4.94. The maximum atomic E-state index is 12.3. The molecule has 21 heavy (non-hydrogen) atoms. The Hall–Kier alpha value is -2.22. The molecule has 0 aromatic carbocycles. The third kappa shape index (κ3) is 3.27. The van der Waals surface area contributed by atoms with Crippen molar-refractivity contribution in [2.75, 3.05) is 6.54 Å². The first-order valence-corrected chi connectivity index (χ1v) is 7.47. The number of aromatic nitrogens is 3. The lowest BCUT2D eigenvalue weighted by atomic mass is 10.3. The molecule has 2 aromatic rings. The normalized spacial score (nSPS) is 14.1. The number of rotatable bonds is 6. The van der Waals surface area contributed by atoms with Crippen molar-refractivity contribution in [2.45, 2.75) is 25.4 Å². The Morgan fingerprint density at radius 3 is 2.90 bits per heavy atom. The van der Waals surface area contributed by atoms with Gasteiger partial charge in [-0.05, 0) is 24.3 Å². The predicted octanol–water partition coefficient (Wildman–Crippen LogP) is 1.08. The zero-order valence-electron chi connectivity index (χ0n) is 11.2. The number of hydrogen-bond donors (Lipinski definition) is 1. The topological polar surface area (TPSA) is 88.3 Å². The molecular weight excluding hydrogens is 292 g/mol. The Balaban J connectivity index is 1.72. The first-order valence-electron chi connectivity index (χ1n) is 6.59. The maximum absolute atomic E-state index is 12.3. The minimum atomic E-state index is -1.01. The van der Waals surface area contributed by atoms with Crippen LogP contribution in [0.3, 0.4) is 0 Å². The van der Waals surface area contributed by atoms with Crippen LogP contribution in [0.25, 0.3) is 0 Å². The number of hydrogen-bond acceptors (Lipinski definition) is 5. The lowest BCUT2D eigenvalue weighted by molar-refractivity contribution is -0.137. The van der Waals surface area contributed by atoms with Crippen LogP contribution in [0.5, 0.6) is 0 Å². The highest BCUT2D eigenvalue weighted by atomic mass is 32.1. The molecule has 0 bridgehead atoms. The Morgan fingerprint density at radius 2 is 2.29 bits per heavy atom. The molecule has 7 nitrogen and oxygen atoms in total. The molecule has 0 radical (unpaired) electrons. The molecule has 1 aliphatic carbocycles. The third-order valence-electron chi connectivity index (χ3n) is 3.21. The minimum Gasteiger partial charge on any atom is -0.480 e. The van der Waals surface area contributed by atoms with E-state index in [0.29, 0.717) is 6.54 Å². The van der Waals surface area contributed by atoms with E-state index in [-0.39, 0.29) is 24.2 Å². The monoisotopic (exact) mass is 306 g/mol. The smallest absolute Gasteiger partial charge is 0.323 e. The highest BCUT2D eigenvalue weighted by Crippen LogP contribution is 2.27. The van der Waals surface area contributed by atoms with Crippen molar-refractivity contribution in [3.8, 4) is 0 Å². The van der Waals surface area contributed by atoms with Crippen molar-refractivity contribution in [1.82, 2.24) is 19.9 Å². The molecule has 1 amide bonds. The number of aliphatic carboxylic acids is 1. The van der Waals surface area contributed by atoms with Crippen LogP contribution < -0.4 is 0 Å². The highest BCUT2D eigenvalue weighted by molar-refractivity contribution is 7.09. The average Bonchev–Trinajstić information content (AvgIpc) is 2.96. The number of carboxylic acid groups (broad SMARTS) is 1. The summed E-state index contributed by atoms with van der Waals surface area (Å²) >= 11 is 1.60. The molecule has 1 saturated carbocycles. The van der Waals surface area contributed by atoms with Gasteiger partial charge in [0, 0.05) is 10.9 Å². The molecule has 1 fully saturated rings. The summed E-state index contributed by atoms with van der Waals surface area (Å²) in [7, 11) is 0. The van der Waals surface area contributed by atoms with Crippen LogP contribution >= 0.6 is 11.3 Å². The van der Waals surface area contributed by atoms with Crippen molar-refractivity contribution < 1.29 is 14.7 Å². The number of carbonyl (C=O) groups is 2. The van der Waals surface area contributed by atoms with Crippen LogP contribution in [0.15, 0.2) is 23.7 Å². The van der Waals surface area contributed by atoms with E-state index in [2.05, 4.69) is 10.3 Å². The van der Waals surface area contributed by atoms with Crippen LogP contribution in [-0.4, -0.2) is 49.5 Å². The van der Waals surface area contributed by atoms with Crippen LogP contribution in [0.1, 0.15) is 28.2 Å². The van der Waals surface area contributed by atoms with E-state index in [9.17, 15) is 9.59 Å². The molecule has 0 unspecified atom stereocenters. The van der Waals surface area contributed by atoms with Gasteiger partial charge in [-0.3, -0.25) is 9.59 Å². The van der Waals surface area contributed by atoms with Crippen LogP contribution in [0, 0.1) is 0 Å². The van der Waals surface area contributed by atoms with Crippen molar-refractivity contribution in [3.63, 3.8) is 0 Å². The Bertz CT molecular complexity index is 648. The Morgan fingerprint density at radius 1 is 1.48 bits per heavy atom. The zero-order valence-corrected chi connectivity index (χ0v) is 12.0. The maximum Gasteiger partial charge on any atom is 0.323 e. The Kier molecular flexibility index (Phi) is 3.70. The molecule has 1 N–H and O–H groups in total. The molecule has 3 rings (SSSR count). The van der Waals surface area contributed by atoms with Gasteiger partial charge in [0.2, 0.25) is 0 Å². The highest BCUT2D eigenvalue weighted by Gasteiger charge is 2.35. The number of carbonyl (C=O) groups excluding carboxylic acids is 1. The molecule has 0 atom stereocenters. The van der Waals surface area contributed by atoms with Gasteiger partial charge in [-0.2, -0.15) is 0 Å². The number of thiophene rings is 1. The van der Waals surface area contributed by atoms with Gasteiger partial charge in [0.1, 0.15) is 6.54 Å². The fraction of sp³-hybridized carbons (Fsp3) is 0.385. The van der Waals surface area contributed by atoms with Gasteiger partial charge in [-0.25, -0.2) is 4.68 Å². The summed E-state index contributed by atoms with van der Waals surface area (Å²) < 4.78 is 1.59. The Labute approximate surface area is 124 Å². The fourth-order valence-electron chi connectivity index (χ4n) is 2.08. The van der Waals surface area contributed by atoms with Gasteiger partial charge in [0.15, 0.2) is 5.69 Å². The SMILES string of the molecule is O=C(O)CN(C(=O)c1cn(Cc2cccs2)nn1)C1CC1. The summed E-state index contributed by atoms with van der Waals surface area (Å²) in [5.41, 5.74) is 0.194.